The van der Waals surface area contributed by atoms with Gasteiger partial charge in [0.05, 0.1) is 0 Å². The molecule has 0 aromatic heterocycles. The number of hydrogen-bond donors (Lipinski definition) is 2. The van der Waals surface area contributed by atoms with Crippen molar-refractivity contribution in [3.8, 4) is 0 Å². The van der Waals surface area contributed by atoms with Crippen molar-refractivity contribution in [1.29, 1.82) is 0 Å². The summed E-state index contributed by atoms with van der Waals surface area (Å²) in [6.45, 7) is 1.84. The van der Waals surface area contributed by atoms with Gasteiger partial charge in [-0.15, -0.1) is 12.4 Å². The first kappa shape index (κ1) is 18.5. The number of halogens is 1. The van der Waals surface area contributed by atoms with E-state index in [2.05, 4.69) is 59.2 Å². The molecule has 27 heavy (non-hydrogen) atoms. The highest BCUT2D eigenvalue weighted by Gasteiger charge is 2.42. The minimum atomic E-state index is 0. The minimum Gasteiger partial charge on any atom is -0.356 e. The molecule has 3 aliphatic carbocycles. The molecule has 0 saturated carbocycles. The molecule has 3 nitrogen and oxygen atoms in total. The number of fused-ring (bicyclic) bond motifs is 1. The molecule has 1 aliphatic heterocycles. The third-order valence-electron chi connectivity index (χ3n) is 6.58. The Morgan fingerprint density at radius 1 is 1.00 bits per heavy atom. The van der Waals surface area contributed by atoms with Crippen molar-refractivity contribution < 1.29 is 4.79 Å². The molecule has 1 amide bonds. The summed E-state index contributed by atoms with van der Waals surface area (Å²) in [4.78, 5) is 12.4. The van der Waals surface area contributed by atoms with E-state index in [1.54, 1.807) is 0 Å². The van der Waals surface area contributed by atoms with Gasteiger partial charge in [0.25, 0.3) is 0 Å². The molecule has 6 rings (SSSR count). The number of rotatable bonds is 4. The van der Waals surface area contributed by atoms with Crippen molar-refractivity contribution in [2.24, 2.45) is 5.92 Å². The van der Waals surface area contributed by atoms with E-state index in [-0.39, 0.29) is 18.3 Å². The molecule has 1 saturated heterocycles. The van der Waals surface area contributed by atoms with Crippen LogP contribution in [0.25, 0.3) is 0 Å². The fourth-order valence-corrected chi connectivity index (χ4v) is 5.43. The zero-order valence-electron chi connectivity index (χ0n) is 15.5. The Bertz CT molecular complexity index is 783. The molecule has 2 N–H and O–H groups in total. The lowest BCUT2D eigenvalue weighted by Gasteiger charge is -2.45. The van der Waals surface area contributed by atoms with Crippen molar-refractivity contribution in [2.45, 2.75) is 43.6 Å². The first-order valence-corrected chi connectivity index (χ1v) is 9.99. The van der Waals surface area contributed by atoms with Gasteiger partial charge >= 0.3 is 0 Å². The zero-order valence-corrected chi connectivity index (χ0v) is 16.3. The molecule has 4 heteroatoms. The molecule has 1 heterocycles. The third-order valence-corrected chi connectivity index (χ3v) is 6.58. The molecule has 2 bridgehead atoms. The summed E-state index contributed by atoms with van der Waals surface area (Å²) in [5, 5.41) is 6.66. The lowest BCUT2D eigenvalue weighted by Crippen LogP contribution is -2.40. The second-order valence-electron chi connectivity index (χ2n) is 8.09. The van der Waals surface area contributed by atoms with Gasteiger partial charge in [-0.25, -0.2) is 0 Å². The van der Waals surface area contributed by atoms with Gasteiger partial charge in [0, 0.05) is 30.8 Å². The van der Waals surface area contributed by atoms with E-state index in [0.717, 1.165) is 25.9 Å². The summed E-state index contributed by atoms with van der Waals surface area (Å²) < 4.78 is 0. The van der Waals surface area contributed by atoms with Crippen LogP contribution in [0.15, 0.2) is 48.5 Å². The van der Waals surface area contributed by atoms with Crippen molar-refractivity contribution >= 4 is 18.3 Å². The Hall–Kier alpha value is -1.84. The summed E-state index contributed by atoms with van der Waals surface area (Å²) in [7, 11) is 0. The first-order chi connectivity index (χ1) is 12.8. The normalized spacial score (nSPS) is 27.4. The number of benzene rings is 2. The molecule has 2 aromatic carbocycles. The molecule has 1 fully saturated rings. The van der Waals surface area contributed by atoms with E-state index in [0.29, 0.717) is 30.2 Å². The van der Waals surface area contributed by atoms with Gasteiger partial charge in [0.2, 0.25) is 5.91 Å². The molecule has 142 valence electrons. The summed E-state index contributed by atoms with van der Waals surface area (Å²) in [5.41, 5.74) is 5.93. The van der Waals surface area contributed by atoms with Crippen molar-refractivity contribution in [1.82, 2.24) is 10.6 Å². The first-order valence-electron chi connectivity index (χ1n) is 9.99. The van der Waals surface area contributed by atoms with Gasteiger partial charge in [-0.05, 0) is 54.0 Å². The second-order valence-corrected chi connectivity index (χ2v) is 8.09. The van der Waals surface area contributed by atoms with E-state index < -0.39 is 0 Å². The lowest BCUT2D eigenvalue weighted by atomic mass is 9.59. The van der Waals surface area contributed by atoms with Crippen LogP contribution >= 0.6 is 12.4 Å². The SMILES string of the molecule is Cl.O=C(CC1CCCN1)NCC1CC2c3ccccc3C1c1ccccc12. The molecule has 0 spiro atoms. The van der Waals surface area contributed by atoms with Gasteiger partial charge in [-0.1, -0.05) is 48.5 Å². The highest BCUT2D eigenvalue weighted by atomic mass is 35.5. The third kappa shape index (κ3) is 3.28. The number of carbonyl (C=O) groups excluding carboxylic acids is 1. The van der Waals surface area contributed by atoms with Crippen molar-refractivity contribution in [3.05, 3.63) is 70.8 Å². The average molecular weight is 383 g/mol. The predicted molar refractivity (Wildman–Crippen MR) is 111 cm³/mol. The quantitative estimate of drug-likeness (QED) is 0.840. The van der Waals surface area contributed by atoms with Crippen LogP contribution in [0.3, 0.4) is 0 Å². The van der Waals surface area contributed by atoms with Crippen molar-refractivity contribution in [3.63, 3.8) is 0 Å². The highest BCUT2D eigenvalue weighted by Crippen LogP contribution is 2.55. The van der Waals surface area contributed by atoms with Gasteiger partial charge in [0.15, 0.2) is 0 Å². The maximum atomic E-state index is 12.4. The summed E-state index contributed by atoms with van der Waals surface area (Å²) in [6.07, 6.45) is 4.08. The van der Waals surface area contributed by atoms with Crippen molar-refractivity contribution in [2.75, 3.05) is 13.1 Å². The second kappa shape index (κ2) is 7.65. The maximum absolute atomic E-state index is 12.4. The van der Waals surface area contributed by atoms with E-state index in [4.69, 9.17) is 0 Å². The van der Waals surface area contributed by atoms with Gasteiger partial charge in [-0.2, -0.15) is 0 Å². The van der Waals surface area contributed by atoms with Crippen LogP contribution in [0.1, 0.15) is 59.8 Å². The molecule has 2 aromatic rings. The Morgan fingerprint density at radius 2 is 1.63 bits per heavy atom. The van der Waals surface area contributed by atoms with Crippen LogP contribution in [0.2, 0.25) is 0 Å². The zero-order chi connectivity index (χ0) is 17.5. The minimum absolute atomic E-state index is 0. The molecule has 2 unspecified atom stereocenters. The number of hydrogen-bond acceptors (Lipinski definition) is 2. The van der Waals surface area contributed by atoms with Crippen LogP contribution in [0.4, 0.5) is 0 Å². The molecule has 2 atom stereocenters. The fourth-order valence-electron chi connectivity index (χ4n) is 5.43. The highest BCUT2D eigenvalue weighted by molar-refractivity contribution is 5.85. The topological polar surface area (TPSA) is 41.1 Å². The number of nitrogens with one attached hydrogen (secondary N) is 2. The van der Waals surface area contributed by atoms with Gasteiger partial charge in [0.1, 0.15) is 0 Å². The Labute approximate surface area is 167 Å². The number of amides is 1. The van der Waals surface area contributed by atoms with Gasteiger partial charge in [-0.3, -0.25) is 4.79 Å². The summed E-state index contributed by atoms with van der Waals surface area (Å²) in [5.74, 6) is 1.58. The predicted octanol–water partition coefficient (Wildman–Crippen LogP) is 3.96. The Balaban J connectivity index is 0.00000180. The van der Waals surface area contributed by atoms with Crippen LogP contribution in [0, 0.1) is 5.92 Å². The molecule has 0 radical (unpaired) electrons. The van der Waals surface area contributed by atoms with E-state index >= 15 is 0 Å². The standard InChI is InChI=1S/C23H26N2O.ClH/c26-22(13-16-6-5-11-24-16)25-14-15-12-21-17-7-1-3-9-19(17)23(15)20-10-4-2-8-18(20)21;/h1-4,7-10,15-16,21,23-24H,5-6,11-14H2,(H,25,26);1H. The average Bonchev–Trinajstić information content (AvgIpc) is 3.19. The largest absolute Gasteiger partial charge is 0.356 e. The van der Waals surface area contributed by atoms with E-state index in [1.807, 2.05) is 0 Å². The van der Waals surface area contributed by atoms with Crippen LogP contribution < -0.4 is 10.6 Å². The van der Waals surface area contributed by atoms with Crippen LogP contribution in [-0.4, -0.2) is 25.0 Å². The Kier molecular flexibility index (Phi) is 5.25. The summed E-state index contributed by atoms with van der Waals surface area (Å²) >= 11 is 0. The maximum Gasteiger partial charge on any atom is 0.221 e. The number of carbonyl (C=O) groups is 1. The molecular formula is C23H27ClN2O. The fraction of sp³-hybridized carbons (Fsp3) is 0.435. The smallest absolute Gasteiger partial charge is 0.221 e. The van der Waals surface area contributed by atoms with E-state index in [9.17, 15) is 4.79 Å². The Morgan fingerprint density at radius 3 is 2.22 bits per heavy atom. The lowest BCUT2D eigenvalue weighted by molar-refractivity contribution is -0.121. The van der Waals surface area contributed by atoms with Gasteiger partial charge < -0.3 is 10.6 Å². The summed E-state index contributed by atoms with van der Waals surface area (Å²) in [6, 6.07) is 18.2. The van der Waals surface area contributed by atoms with Crippen LogP contribution in [-0.2, 0) is 4.79 Å². The molecule has 4 aliphatic rings. The van der Waals surface area contributed by atoms with E-state index in [1.165, 1.54) is 28.7 Å². The van der Waals surface area contributed by atoms with Crippen LogP contribution in [0.5, 0.6) is 0 Å². The monoisotopic (exact) mass is 382 g/mol. The molecular weight excluding hydrogens is 356 g/mol.